The SMILES string of the molecule is OC(CNCc1cncs1)c1ccc(Cl)cc1Cl. The summed E-state index contributed by atoms with van der Waals surface area (Å²) >= 11 is 13.4. The van der Waals surface area contributed by atoms with Crippen molar-refractivity contribution in [2.24, 2.45) is 0 Å². The third kappa shape index (κ3) is 3.67. The highest BCUT2D eigenvalue weighted by atomic mass is 35.5. The van der Waals surface area contributed by atoms with Crippen LogP contribution in [0.5, 0.6) is 0 Å². The van der Waals surface area contributed by atoms with Gasteiger partial charge in [0.05, 0.1) is 11.6 Å². The lowest BCUT2D eigenvalue weighted by Crippen LogP contribution is -2.20. The van der Waals surface area contributed by atoms with E-state index in [0.717, 1.165) is 4.88 Å². The van der Waals surface area contributed by atoms with Gasteiger partial charge in [-0.3, -0.25) is 4.98 Å². The molecule has 1 unspecified atom stereocenters. The first-order chi connectivity index (χ1) is 8.66. The average Bonchev–Trinajstić information content (AvgIpc) is 2.81. The predicted octanol–water partition coefficient (Wildman–Crippen LogP) is 3.27. The summed E-state index contributed by atoms with van der Waals surface area (Å²) in [6.45, 7) is 1.12. The van der Waals surface area contributed by atoms with Crippen LogP contribution in [-0.2, 0) is 6.54 Å². The molecule has 0 aliphatic carbocycles. The monoisotopic (exact) mass is 302 g/mol. The molecule has 0 saturated carbocycles. The van der Waals surface area contributed by atoms with Crippen molar-refractivity contribution in [1.29, 1.82) is 0 Å². The van der Waals surface area contributed by atoms with Crippen LogP contribution in [0.3, 0.4) is 0 Å². The molecule has 0 saturated heterocycles. The Balaban J connectivity index is 1.89. The van der Waals surface area contributed by atoms with Gasteiger partial charge in [0.15, 0.2) is 0 Å². The molecule has 0 bridgehead atoms. The summed E-state index contributed by atoms with van der Waals surface area (Å²) in [5.74, 6) is 0. The Morgan fingerprint density at radius 2 is 2.22 bits per heavy atom. The van der Waals surface area contributed by atoms with E-state index in [1.807, 2.05) is 0 Å². The van der Waals surface area contributed by atoms with Crippen LogP contribution in [-0.4, -0.2) is 16.6 Å². The first kappa shape index (κ1) is 13.8. The van der Waals surface area contributed by atoms with E-state index in [1.54, 1.807) is 41.2 Å². The first-order valence-corrected chi connectivity index (χ1v) is 7.01. The van der Waals surface area contributed by atoms with E-state index in [4.69, 9.17) is 23.2 Å². The molecule has 2 N–H and O–H groups in total. The second-order valence-corrected chi connectivity index (χ2v) is 5.59. The summed E-state index contributed by atoms with van der Waals surface area (Å²) in [5.41, 5.74) is 2.46. The molecule has 0 aliphatic heterocycles. The van der Waals surface area contributed by atoms with Crippen molar-refractivity contribution >= 4 is 34.5 Å². The number of rotatable bonds is 5. The number of halogens is 2. The molecule has 2 rings (SSSR count). The van der Waals surface area contributed by atoms with Crippen molar-refractivity contribution < 1.29 is 5.11 Å². The zero-order chi connectivity index (χ0) is 13.0. The highest BCUT2D eigenvalue weighted by Gasteiger charge is 2.11. The first-order valence-electron chi connectivity index (χ1n) is 5.38. The second-order valence-electron chi connectivity index (χ2n) is 3.78. The van der Waals surface area contributed by atoms with Gasteiger partial charge in [0.25, 0.3) is 0 Å². The molecule has 18 heavy (non-hydrogen) atoms. The van der Waals surface area contributed by atoms with E-state index in [2.05, 4.69) is 10.3 Å². The minimum Gasteiger partial charge on any atom is -0.387 e. The van der Waals surface area contributed by atoms with E-state index < -0.39 is 6.10 Å². The van der Waals surface area contributed by atoms with Gasteiger partial charge in [0, 0.05) is 39.8 Å². The minimum absolute atomic E-state index is 0.430. The molecule has 1 aromatic carbocycles. The number of thiazole rings is 1. The van der Waals surface area contributed by atoms with Gasteiger partial charge in [-0.15, -0.1) is 11.3 Å². The van der Waals surface area contributed by atoms with Crippen LogP contribution < -0.4 is 5.32 Å². The highest BCUT2D eigenvalue weighted by molar-refractivity contribution is 7.09. The van der Waals surface area contributed by atoms with E-state index in [-0.39, 0.29) is 0 Å². The second kappa shape index (κ2) is 6.50. The smallest absolute Gasteiger partial charge is 0.0928 e. The van der Waals surface area contributed by atoms with Crippen LogP contribution in [0.1, 0.15) is 16.5 Å². The summed E-state index contributed by atoms with van der Waals surface area (Å²) in [6, 6.07) is 5.09. The van der Waals surface area contributed by atoms with Gasteiger partial charge < -0.3 is 10.4 Å². The number of nitrogens with one attached hydrogen (secondary N) is 1. The fraction of sp³-hybridized carbons (Fsp3) is 0.250. The van der Waals surface area contributed by atoms with Gasteiger partial charge >= 0.3 is 0 Å². The topological polar surface area (TPSA) is 45.1 Å². The molecule has 0 fully saturated rings. The van der Waals surface area contributed by atoms with Crippen molar-refractivity contribution in [3.63, 3.8) is 0 Å². The molecule has 0 spiro atoms. The van der Waals surface area contributed by atoms with Crippen LogP contribution in [0.25, 0.3) is 0 Å². The predicted molar refractivity (Wildman–Crippen MR) is 75.2 cm³/mol. The van der Waals surface area contributed by atoms with Crippen LogP contribution in [0.15, 0.2) is 29.9 Å². The number of aliphatic hydroxyl groups is 1. The van der Waals surface area contributed by atoms with Crippen molar-refractivity contribution in [3.05, 3.63) is 50.4 Å². The number of aromatic nitrogens is 1. The Bertz CT molecular complexity index is 505. The molecular formula is C12H12Cl2N2OS. The molecule has 2 aromatic rings. The third-order valence-corrected chi connectivity index (χ3v) is 3.78. The maximum Gasteiger partial charge on any atom is 0.0928 e. The van der Waals surface area contributed by atoms with E-state index in [9.17, 15) is 5.11 Å². The standard InChI is InChI=1S/C12H12Cl2N2OS/c13-8-1-2-10(11(14)3-8)12(17)6-15-4-9-5-16-7-18-9/h1-3,5,7,12,15,17H,4,6H2. The van der Waals surface area contributed by atoms with Gasteiger partial charge in [-0.2, -0.15) is 0 Å². The summed E-state index contributed by atoms with van der Waals surface area (Å²) in [7, 11) is 0. The van der Waals surface area contributed by atoms with E-state index in [0.29, 0.717) is 28.7 Å². The van der Waals surface area contributed by atoms with E-state index in [1.165, 1.54) is 0 Å². The van der Waals surface area contributed by atoms with Crippen LogP contribution in [0.2, 0.25) is 10.0 Å². The summed E-state index contributed by atoms with van der Waals surface area (Å²) in [6.07, 6.45) is 1.15. The molecule has 1 atom stereocenters. The lowest BCUT2D eigenvalue weighted by molar-refractivity contribution is 0.174. The lowest BCUT2D eigenvalue weighted by Gasteiger charge is -2.13. The normalized spacial score (nSPS) is 12.6. The third-order valence-electron chi connectivity index (χ3n) is 2.44. The molecular weight excluding hydrogens is 291 g/mol. The summed E-state index contributed by atoms with van der Waals surface area (Å²) in [4.78, 5) is 5.11. The fourth-order valence-corrected chi connectivity index (χ4v) is 2.64. The summed E-state index contributed by atoms with van der Waals surface area (Å²) in [5, 5.41) is 14.2. The van der Waals surface area contributed by atoms with Crippen LogP contribution in [0.4, 0.5) is 0 Å². The molecule has 1 aromatic heterocycles. The Morgan fingerprint density at radius 1 is 1.39 bits per heavy atom. The molecule has 0 aliphatic rings. The van der Waals surface area contributed by atoms with Crippen LogP contribution in [0, 0.1) is 0 Å². The molecule has 6 heteroatoms. The van der Waals surface area contributed by atoms with Gasteiger partial charge in [-0.05, 0) is 12.1 Å². The Morgan fingerprint density at radius 3 is 2.89 bits per heavy atom. The van der Waals surface area contributed by atoms with Gasteiger partial charge in [0.2, 0.25) is 0 Å². The summed E-state index contributed by atoms with van der Waals surface area (Å²) < 4.78 is 0. The number of benzene rings is 1. The zero-order valence-electron chi connectivity index (χ0n) is 9.44. The fourth-order valence-electron chi connectivity index (χ4n) is 1.54. The number of hydrogen-bond acceptors (Lipinski definition) is 4. The lowest BCUT2D eigenvalue weighted by atomic mass is 10.1. The van der Waals surface area contributed by atoms with Crippen LogP contribution >= 0.6 is 34.5 Å². The minimum atomic E-state index is -0.650. The van der Waals surface area contributed by atoms with Gasteiger partial charge in [-0.1, -0.05) is 29.3 Å². The number of hydrogen-bond donors (Lipinski definition) is 2. The van der Waals surface area contributed by atoms with Crippen molar-refractivity contribution in [3.8, 4) is 0 Å². The molecule has 96 valence electrons. The van der Waals surface area contributed by atoms with Gasteiger partial charge in [-0.25, -0.2) is 0 Å². The van der Waals surface area contributed by atoms with Gasteiger partial charge in [0.1, 0.15) is 0 Å². The zero-order valence-corrected chi connectivity index (χ0v) is 11.8. The Kier molecular flexibility index (Phi) is 4.97. The maximum atomic E-state index is 10.0. The van der Waals surface area contributed by atoms with Crippen molar-refractivity contribution in [1.82, 2.24) is 10.3 Å². The maximum absolute atomic E-state index is 10.0. The molecule has 0 radical (unpaired) electrons. The van der Waals surface area contributed by atoms with Crippen molar-refractivity contribution in [2.45, 2.75) is 12.6 Å². The largest absolute Gasteiger partial charge is 0.387 e. The Labute approximate surface area is 119 Å². The quantitative estimate of drug-likeness (QED) is 0.891. The average molecular weight is 303 g/mol. The Hall–Kier alpha value is -0.650. The van der Waals surface area contributed by atoms with E-state index >= 15 is 0 Å². The highest BCUT2D eigenvalue weighted by Crippen LogP contribution is 2.25. The molecule has 1 heterocycles. The molecule has 0 amide bonds. The number of nitrogens with zero attached hydrogens (tertiary/aromatic N) is 1. The molecule has 3 nitrogen and oxygen atoms in total. The number of aliphatic hydroxyl groups excluding tert-OH is 1. The van der Waals surface area contributed by atoms with Crippen molar-refractivity contribution in [2.75, 3.05) is 6.54 Å².